The lowest BCUT2D eigenvalue weighted by Gasteiger charge is -2.19. The topological polar surface area (TPSA) is 48.0 Å². The van der Waals surface area contributed by atoms with Gasteiger partial charge in [0.25, 0.3) is 0 Å². The van der Waals surface area contributed by atoms with E-state index in [1.165, 1.54) is 7.11 Å². The van der Waals surface area contributed by atoms with E-state index in [0.29, 0.717) is 6.54 Å². The molecule has 0 fully saturated rings. The molecule has 0 N–H and O–H groups in total. The molecule has 0 saturated carbocycles. The predicted molar refractivity (Wildman–Crippen MR) is 72.6 cm³/mol. The maximum atomic E-state index is 11.2. The van der Waals surface area contributed by atoms with Crippen LogP contribution in [0.4, 0.5) is 0 Å². The van der Waals surface area contributed by atoms with Gasteiger partial charge in [-0.05, 0) is 25.6 Å². The van der Waals surface area contributed by atoms with Gasteiger partial charge in [-0.3, -0.25) is 9.69 Å². The summed E-state index contributed by atoms with van der Waals surface area (Å²) in [6, 6.07) is 3.79. The highest BCUT2D eigenvalue weighted by Gasteiger charge is 2.13. The predicted octanol–water partition coefficient (Wildman–Crippen LogP) is 1.62. The summed E-state index contributed by atoms with van der Waals surface area (Å²) in [5, 5.41) is 0. The number of benzene rings is 1. The van der Waals surface area contributed by atoms with Gasteiger partial charge in [-0.1, -0.05) is 0 Å². The number of carbonyl (C=O) groups is 1. The van der Waals surface area contributed by atoms with Gasteiger partial charge < -0.3 is 14.2 Å². The van der Waals surface area contributed by atoms with Gasteiger partial charge >= 0.3 is 5.97 Å². The second-order valence-electron chi connectivity index (χ2n) is 4.37. The molecular weight excluding hydrogens is 246 g/mol. The molecule has 5 nitrogen and oxygen atoms in total. The maximum Gasteiger partial charge on any atom is 0.319 e. The summed E-state index contributed by atoms with van der Waals surface area (Å²) in [6.07, 6.45) is 0. The van der Waals surface area contributed by atoms with E-state index in [9.17, 15) is 4.79 Å². The molecule has 19 heavy (non-hydrogen) atoms. The monoisotopic (exact) mass is 267 g/mol. The first-order valence-electron chi connectivity index (χ1n) is 5.98. The zero-order chi connectivity index (χ0) is 14.4. The van der Waals surface area contributed by atoms with E-state index in [1.807, 2.05) is 31.0 Å². The molecule has 0 spiro atoms. The van der Waals surface area contributed by atoms with Gasteiger partial charge in [-0.2, -0.15) is 0 Å². The minimum Gasteiger partial charge on any atom is -0.497 e. The van der Waals surface area contributed by atoms with Crippen LogP contribution in [0.15, 0.2) is 12.1 Å². The Kier molecular flexibility index (Phi) is 5.63. The van der Waals surface area contributed by atoms with Crippen molar-refractivity contribution >= 4 is 5.97 Å². The second-order valence-corrected chi connectivity index (χ2v) is 4.37. The highest BCUT2D eigenvalue weighted by Crippen LogP contribution is 2.29. The first-order chi connectivity index (χ1) is 9.01. The summed E-state index contributed by atoms with van der Waals surface area (Å²) in [5.41, 5.74) is 2.10. The van der Waals surface area contributed by atoms with Crippen molar-refractivity contribution in [2.45, 2.75) is 13.5 Å². The number of esters is 1. The van der Waals surface area contributed by atoms with Gasteiger partial charge in [0.1, 0.15) is 11.5 Å². The smallest absolute Gasteiger partial charge is 0.319 e. The van der Waals surface area contributed by atoms with Crippen molar-refractivity contribution < 1.29 is 19.0 Å². The molecule has 106 valence electrons. The lowest BCUT2D eigenvalue weighted by atomic mass is 10.1. The van der Waals surface area contributed by atoms with E-state index in [1.54, 1.807) is 14.2 Å². The molecule has 1 rings (SSSR count). The van der Waals surface area contributed by atoms with E-state index in [-0.39, 0.29) is 12.5 Å². The van der Waals surface area contributed by atoms with Gasteiger partial charge in [-0.25, -0.2) is 0 Å². The molecule has 0 aliphatic rings. The summed E-state index contributed by atoms with van der Waals surface area (Å²) in [4.78, 5) is 13.1. The molecule has 0 aromatic heterocycles. The normalized spacial score (nSPS) is 10.4. The van der Waals surface area contributed by atoms with Crippen molar-refractivity contribution in [3.05, 3.63) is 23.3 Å². The van der Waals surface area contributed by atoms with E-state index in [0.717, 1.165) is 22.6 Å². The van der Waals surface area contributed by atoms with Crippen LogP contribution in [0, 0.1) is 6.92 Å². The number of methoxy groups -OCH3 is 3. The van der Waals surface area contributed by atoms with Crippen LogP contribution in [0.2, 0.25) is 0 Å². The lowest BCUT2D eigenvalue weighted by Crippen LogP contribution is -2.26. The van der Waals surface area contributed by atoms with Crippen molar-refractivity contribution in [2.24, 2.45) is 0 Å². The third-order valence-electron chi connectivity index (χ3n) is 2.92. The van der Waals surface area contributed by atoms with E-state index < -0.39 is 0 Å². The van der Waals surface area contributed by atoms with Crippen LogP contribution in [0.1, 0.15) is 11.1 Å². The number of nitrogens with zero attached hydrogens (tertiary/aromatic N) is 1. The van der Waals surface area contributed by atoms with Crippen LogP contribution in [0.3, 0.4) is 0 Å². The van der Waals surface area contributed by atoms with Crippen LogP contribution >= 0.6 is 0 Å². The molecule has 1 aromatic carbocycles. The van der Waals surface area contributed by atoms with E-state index >= 15 is 0 Å². The molecule has 0 aliphatic carbocycles. The molecule has 0 heterocycles. The number of aryl methyl sites for hydroxylation is 1. The minimum absolute atomic E-state index is 0.241. The Balaban J connectivity index is 2.90. The molecule has 0 unspecified atom stereocenters. The summed E-state index contributed by atoms with van der Waals surface area (Å²) in [7, 11) is 6.49. The third kappa shape index (κ3) is 4.13. The van der Waals surface area contributed by atoms with Crippen LogP contribution < -0.4 is 9.47 Å². The molecule has 0 radical (unpaired) electrons. The van der Waals surface area contributed by atoms with Crippen molar-refractivity contribution in [1.29, 1.82) is 0 Å². The molecule has 0 amide bonds. The fourth-order valence-electron chi connectivity index (χ4n) is 1.87. The van der Waals surface area contributed by atoms with E-state index in [4.69, 9.17) is 9.47 Å². The Bertz CT molecular complexity index is 445. The van der Waals surface area contributed by atoms with Gasteiger partial charge in [0.05, 0.1) is 27.9 Å². The first-order valence-corrected chi connectivity index (χ1v) is 5.98. The molecule has 5 heteroatoms. The lowest BCUT2D eigenvalue weighted by molar-refractivity contribution is -0.141. The zero-order valence-electron chi connectivity index (χ0n) is 12.1. The number of likely N-dealkylation sites (N-methyl/N-ethyl adjacent to an activating group) is 1. The fraction of sp³-hybridized carbons (Fsp3) is 0.500. The average molecular weight is 267 g/mol. The molecule has 0 atom stereocenters. The fourth-order valence-corrected chi connectivity index (χ4v) is 1.87. The second kappa shape index (κ2) is 6.99. The van der Waals surface area contributed by atoms with Crippen LogP contribution in [0.5, 0.6) is 11.5 Å². The van der Waals surface area contributed by atoms with Crippen molar-refractivity contribution in [3.63, 3.8) is 0 Å². The van der Waals surface area contributed by atoms with Crippen molar-refractivity contribution in [3.8, 4) is 11.5 Å². The number of hydrogen-bond donors (Lipinski definition) is 0. The highest BCUT2D eigenvalue weighted by atomic mass is 16.5. The summed E-state index contributed by atoms with van der Waals surface area (Å²) in [6.45, 7) is 2.84. The van der Waals surface area contributed by atoms with Crippen molar-refractivity contribution in [2.75, 3.05) is 34.9 Å². The SMILES string of the molecule is COC(=O)CN(C)Cc1c(C)cc(OC)cc1OC. The standard InChI is InChI=1S/C14H21NO4/c1-10-6-11(17-3)7-13(18-4)12(10)8-15(2)9-14(16)19-5/h6-7H,8-9H2,1-5H3. The van der Waals surface area contributed by atoms with Crippen LogP contribution in [-0.4, -0.2) is 45.8 Å². The van der Waals surface area contributed by atoms with Crippen LogP contribution in [-0.2, 0) is 16.1 Å². The van der Waals surface area contributed by atoms with Gasteiger partial charge in [0.15, 0.2) is 0 Å². The molecular formula is C14H21NO4. The first kappa shape index (κ1) is 15.3. The molecule has 1 aromatic rings. The molecule has 0 aliphatic heterocycles. The third-order valence-corrected chi connectivity index (χ3v) is 2.92. The zero-order valence-corrected chi connectivity index (χ0v) is 12.1. The number of carbonyl (C=O) groups excluding carboxylic acids is 1. The summed E-state index contributed by atoms with van der Waals surface area (Å²) in [5.74, 6) is 1.26. The van der Waals surface area contributed by atoms with Crippen molar-refractivity contribution in [1.82, 2.24) is 4.90 Å². The number of hydrogen-bond acceptors (Lipinski definition) is 5. The Hall–Kier alpha value is -1.75. The van der Waals surface area contributed by atoms with Gasteiger partial charge in [-0.15, -0.1) is 0 Å². The van der Waals surface area contributed by atoms with Gasteiger partial charge in [0, 0.05) is 18.2 Å². The Morgan fingerprint density at radius 2 is 1.89 bits per heavy atom. The molecule has 0 bridgehead atoms. The molecule has 0 saturated heterocycles. The number of ether oxygens (including phenoxy) is 3. The quantitative estimate of drug-likeness (QED) is 0.733. The number of rotatable bonds is 6. The summed E-state index contributed by atoms with van der Waals surface area (Å²) < 4.78 is 15.2. The Morgan fingerprint density at radius 3 is 2.42 bits per heavy atom. The van der Waals surface area contributed by atoms with E-state index in [2.05, 4.69) is 4.74 Å². The highest BCUT2D eigenvalue weighted by molar-refractivity contribution is 5.71. The van der Waals surface area contributed by atoms with Gasteiger partial charge in [0.2, 0.25) is 0 Å². The maximum absolute atomic E-state index is 11.2. The average Bonchev–Trinajstić information content (AvgIpc) is 2.40. The largest absolute Gasteiger partial charge is 0.497 e. The Labute approximate surface area is 114 Å². The van der Waals surface area contributed by atoms with Crippen LogP contribution in [0.25, 0.3) is 0 Å². The Morgan fingerprint density at radius 1 is 1.21 bits per heavy atom. The summed E-state index contributed by atoms with van der Waals surface area (Å²) >= 11 is 0. The minimum atomic E-state index is -0.257.